The second-order valence-electron chi connectivity index (χ2n) is 5.89. The lowest BCUT2D eigenvalue weighted by Gasteiger charge is -2.21. The van der Waals surface area contributed by atoms with Crippen molar-refractivity contribution in [1.29, 1.82) is 0 Å². The molecule has 0 saturated heterocycles. The molecule has 0 amide bonds. The van der Waals surface area contributed by atoms with Crippen LogP contribution >= 0.6 is 0 Å². The average molecular weight is 346 g/mol. The molecular formula is C18H16F6. The minimum Gasteiger partial charge on any atom is -0.166 e. The SMILES string of the molecule is Cc1ccc(-c2c(C)cc(C(F)(F)F)cc2C(F)(F)F)c(C)c1C. The molecule has 0 fully saturated rings. The zero-order valence-corrected chi connectivity index (χ0v) is 13.6. The predicted molar refractivity (Wildman–Crippen MR) is 80.8 cm³/mol. The van der Waals surface area contributed by atoms with Crippen molar-refractivity contribution in [2.75, 3.05) is 0 Å². The Labute approximate surface area is 136 Å². The summed E-state index contributed by atoms with van der Waals surface area (Å²) in [7, 11) is 0. The van der Waals surface area contributed by atoms with Crippen LogP contribution in [0, 0.1) is 27.7 Å². The summed E-state index contributed by atoms with van der Waals surface area (Å²) in [5, 5.41) is 0. The van der Waals surface area contributed by atoms with Crippen LogP contribution in [0.3, 0.4) is 0 Å². The standard InChI is InChI=1S/C18H16F6/c1-9-5-6-14(12(4)11(9)3)16-10(2)7-13(17(19,20)21)8-15(16)18(22,23)24/h5-8H,1-4H3. The maximum Gasteiger partial charge on any atom is 0.417 e. The molecule has 0 aromatic heterocycles. The molecule has 0 N–H and O–H groups in total. The van der Waals surface area contributed by atoms with Gasteiger partial charge in [0, 0.05) is 0 Å². The highest BCUT2D eigenvalue weighted by atomic mass is 19.4. The quantitative estimate of drug-likeness (QED) is 0.509. The van der Waals surface area contributed by atoms with E-state index in [2.05, 4.69) is 0 Å². The van der Waals surface area contributed by atoms with Crippen molar-refractivity contribution in [2.45, 2.75) is 40.0 Å². The van der Waals surface area contributed by atoms with Gasteiger partial charge in [0.05, 0.1) is 11.1 Å². The third-order valence-electron chi connectivity index (χ3n) is 4.30. The molecule has 130 valence electrons. The Morgan fingerprint density at radius 2 is 1.25 bits per heavy atom. The Kier molecular flexibility index (Phi) is 4.46. The van der Waals surface area contributed by atoms with E-state index in [9.17, 15) is 26.3 Å². The van der Waals surface area contributed by atoms with Crippen molar-refractivity contribution in [3.05, 3.63) is 57.6 Å². The van der Waals surface area contributed by atoms with Gasteiger partial charge in [-0.05, 0) is 73.2 Å². The van der Waals surface area contributed by atoms with Crippen LogP contribution in [0.2, 0.25) is 0 Å². The van der Waals surface area contributed by atoms with Gasteiger partial charge in [0.1, 0.15) is 0 Å². The molecule has 0 spiro atoms. The molecule has 0 atom stereocenters. The number of rotatable bonds is 1. The molecule has 0 unspecified atom stereocenters. The molecule has 0 aliphatic carbocycles. The molecular weight excluding hydrogens is 330 g/mol. The number of aryl methyl sites for hydroxylation is 2. The second kappa shape index (κ2) is 5.83. The van der Waals surface area contributed by atoms with Crippen molar-refractivity contribution < 1.29 is 26.3 Å². The molecule has 0 aliphatic rings. The minimum absolute atomic E-state index is 0.0523. The zero-order chi connectivity index (χ0) is 18.4. The van der Waals surface area contributed by atoms with Gasteiger partial charge in [-0.2, -0.15) is 26.3 Å². The molecule has 0 nitrogen and oxygen atoms in total. The molecule has 2 aromatic carbocycles. The van der Waals surface area contributed by atoms with E-state index in [0.717, 1.165) is 17.2 Å². The zero-order valence-electron chi connectivity index (χ0n) is 13.6. The molecule has 0 aliphatic heterocycles. The second-order valence-corrected chi connectivity index (χ2v) is 5.89. The van der Waals surface area contributed by atoms with E-state index in [1.165, 1.54) is 13.0 Å². The summed E-state index contributed by atoms with van der Waals surface area (Å²) in [6.07, 6.45) is -9.71. The third-order valence-corrected chi connectivity index (χ3v) is 4.30. The van der Waals surface area contributed by atoms with E-state index in [-0.39, 0.29) is 17.2 Å². The monoisotopic (exact) mass is 346 g/mol. The molecule has 24 heavy (non-hydrogen) atoms. The van der Waals surface area contributed by atoms with E-state index in [1.54, 1.807) is 19.9 Å². The lowest BCUT2D eigenvalue weighted by molar-refractivity contribution is -0.142. The summed E-state index contributed by atoms with van der Waals surface area (Å²) in [5.41, 5.74) is -0.146. The van der Waals surface area contributed by atoms with Gasteiger partial charge in [-0.25, -0.2) is 0 Å². The van der Waals surface area contributed by atoms with E-state index < -0.39 is 23.5 Å². The van der Waals surface area contributed by atoms with Gasteiger partial charge in [-0.3, -0.25) is 0 Å². The fourth-order valence-electron chi connectivity index (χ4n) is 2.76. The molecule has 0 heterocycles. The third kappa shape index (κ3) is 3.28. The van der Waals surface area contributed by atoms with E-state index in [1.807, 2.05) is 6.92 Å². The summed E-state index contributed by atoms with van der Waals surface area (Å²) in [4.78, 5) is 0. The number of hydrogen-bond acceptors (Lipinski definition) is 0. The average Bonchev–Trinajstić information content (AvgIpc) is 2.43. The predicted octanol–water partition coefficient (Wildman–Crippen LogP) is 6.62. The van der Waals surface area contributed by atoms with Crippen molar-refractivity contribution in [2.24, 2.45) is 0 Å². The Morgan fingerprint density at radius 3 is 1.75 bits per heavy atom. The number of alkyl halides is 6. The lowest BCUT2D eigenvalue weighted by Crippen LogP contribution is -2.14. The van der Waals surface area contributed by atoms with Gasteiger partial charge in [-0.1, -0.05) is 12.1 Å². The van der Waals surface area contributed by atoms with Gasteiger partial charge in [0.2, 0.25) is 0 Å². The van der Waals surface area contributed by atoms with Gasteiger partial charge in [-0.15, -0.1) is 0 Å². The Bertz CT molecular complexity index is 782. The highest BCUT2D eigenvalue weighted by Crippen LogP contribution is 2.44. The largest absolute Gasteiger partial charge is 0.417 e. The molecule has 0 saturated carbocycles. The van der Waals surface area contributed by atoms with Gasteiger partial charge < -0.3 is 0 Å². The first-order valence-electron chi connectivity index (χ1n) is 7.20. The van der Waals surface area contributed by atoms with Crippen LogP contribution in [0.15, 0.2) is 24.3 Å². The van der Waals surface area contributed by atoms with Crippen LogP contribution in [0.5, 0.6) is 0 Å². The Hall–Kier alpha value is -1.98. The highest BCUT2D eigenvalue weighted by Gasteiger charge is 2.39. The first-order chi connectivity index (χ1) is 10.8. The molecule has 2 aromatic rings. The summed E-state index contributed by atoms with van der Waals surface area (Å²) in [6, 6.07) is 4.16. The smallest absolute Gasteiger partial charge is 0.166 e. The summed E-state index contributed by atoms with van der Waals surface area (Å²) in [6.45, 7) is 6.56. The molecule has 2 rings (SSSR count). The van der Waals surface area contributed by atoms with Crippen LogP contribution in [-0.4, -0.2) is 0 Å². The first kappa shape index (κ1) is 18.4. The van der Waals surface area contributed by atoms with Gasteiger partial charge in [0.25, 0.3) is 0 Å². The first-order valence-corrected chi connectivity index (χ1v) is 7.20. The van der Waals surface area contributed by atoms with Crippen molar-refractivity contribution in [3.63, 3.8) is 0 Å². The van der Waals surface area contributed by atoms with Crippen LogP contribution in [0.1, 0.15) is 33.4 Å². The summed E-state index contributed by atoms with van der Waals surface area (Å²) in [5.74, 6) is 0. The normalized spacial score (nSPS) is 12.6. The van der Waals surface area contributed by atoms with Crippen LogP contribution in [-0.2, 0) is 12.4 Å². The van der Waals surface area contributed by atoms with Crippen LogP contribution < -0.4 is 0 Å². The van der Waals surface area contributed by atoms with Crippen LogP contribution in [0.4, 0.5) is 26.3 Å². The fourth-order valence-corrected chi connectivity index (χ4v) is 2.76. The van der Waals surface area contributed by atoms with Crippen molar-refractivity contribution in [1.82, 2.24) is 0 Å². The Morgan fingerprint density at radius 1 is 0.667 bits per heavy atom. The lowest BCUT2D eigenvalue weighted by atomic mass is 9.87. The molecule has 0 radical (unpaired) electrons. The van der Waals surface area contributed by atoms with Crippen molar-refractivity contribution >= 4 is 0 Å². The maximum absolute atomic E-state index is 13.4. The number of halogens is 6. The minimum atomic E-state index is -4.88. The number of benzene rings is 2. The molecule has 6 heteroatoms. The fraction of sp³-hybridized carbons (Fsp3) is 0.333. The van der Waals surface area contributed by atoms with E-state index in [0.29, 0.717) is 11.1 Å². The van der Waals surface area contributed by atoms with E-state index in [4.69, 9.17) is 0 Å². The summed E-state index contributed by atoms with van der Waals surface area (Å²) >= 11 is 0. The van der Waals surface area contributed by atoms with Gasteiger partial charge in [0.15, 0.2) is 0 Å². The summed E-state index contributed by atoms with van der Waals surface area (Å²) < 4.78 is 79.0. The van der Waals surface area contributed by atoms with Crippen molar-refractivity contribution in [3.8, 4) is 11.1 Å². The number of hydrogen-bond donors (Lipinski definition) is 0. The Balaban J connectivity index is 2.87. The maximum atomic E-state index is 13.4. The topological polar surface area (TPSA) is 0 Å². The van der Waals surface area contributed by atoms with Crippen LogP contribution in [0.25, 0.3) is 11.1 Å². The van der Waals surface area contributed by atoms with Gasteiger partial charge >= 0.3 is 12.4 Å². The van der Waals surface area contributed by atoms with E-state index >= 15 is 0 Å². The highest BCUT2D eigenvalue weighted by molar-refractivity contribution is 5.76. The molecule has 0 bridgehead atoms.